The minimum atomic E-state index is -0.332. The number of nitrogen functional groups attached to an aromatic ring is 1. The molecule has 0 bridgehead atoms. The van der Waals surface area contributed by atoms with E-state index in [-0.39, 0.29) is 17.7 Å². The van der Waals surface area contributed by atoms with E-state index in [0.29, 0.717) is 27.1 Å². The standard InChI is InChI=1S/C12H18N6O2S2/c1-6(2)4-8-15-10(20-18-8)7(3)14-9(19)5-21-12-17-16-11(13)22-12/h6-7H,4-5H2,1-3H3,(H2,13,16)(H,14,19)/t7-/m0/s1. The molecule has 10 heteroatoms. The number of carbonyl (C=O) groups excluding carboxylic acids is 1. The van der Waals surface area contributed by atoms with Gasteiger partial charge >= 0.3 is 0 Å². The molecule has 22 heavy (non-hydrogen) atoms. The van der Waals surface area contributed by atoms with Gasteiger partial charge in [0.05, 0.1) is 5.75 Å². The number of thioether (sulfide) groups is 1. The predicted molar refractivity (Wildman–Crippen MR) is 84.4 cm³/mol. The summed E-state index contributed by atoms with van der Waals surface area (Å²) >= 11 is 2.54. The number of rotatable bonds is 7. The summed E-state index contributed by atoms with van der Waals surface area (Å²) in [4.78, 5) is 16.2. The van der Waals surface area contributed by atoms with Crippen LogP contribution in [0.5, 0.6) is 0 Å². The largest absolute Gasteiger partial charge is 0.374 e. The second kappa shape index (κ2) is 7.54. The van der Waals surface area contributed by atoms with Crippen molar-refractivity contribution in [2.24, 2.45) is 5.92 Å². The van der Waals surface area contributed by atoms with E-state index in [2.05, 4.69) is 39.5 Å². The van der Waals surface area contributed by atoms with E-state index in [9.17, 15) is 4.79 Å². The summed E-state index contributed by atoms with van der Waals surface area (Å²) in [5.41, 5.74) is 5.48. The van der Waals surface area contributed by atoms with Gasteiger partial charge in [-0.25, -0.2) is 0 Å². The summed E-state index contributed by atoms with van der Waals surface area (Å²) in [6.07, 6.45) is 0.748. The molecule has 3 N–H and O–H groups in total. The number of hydrogen-bond acceptors (Lipinski definition) is 9. The number of nitrogens with two attached hydrogens (primary N) is 1. The van der Waals surface area contributed by atoms with Gasteiger partial charge in [0.1, 0.15) is 6.04 Å². The molecule has 0 aliphatic heterocycles. The van der Waals surface area contributed by atoms with Crippen molar-refractivity contribution in [3.8, 4) is 0 Å². The zero-order valence-corrected chi connectivity index (χ0v) is 14.2. The van der Waals surface area contributed by atoms with Crippen LogP contribution in [-0.4, -0.2) is 32.0 Å². The molecule has 0 aromatic carbocycles. The van der Waals surface area contributed by atoms with Crippen molar-refractivity contribution in [3.05, 3.63) is 11.7 Å². The van der Waals surface area contributed by atoms with Crippen LogP contribution in [0, 0.1) is 5.92 Å². The van der Waals surface area contributed by atoms with Crippen LogP contribution >= 0.6 is 23.1 Å². The van der Waals surface area contributed by atoms with Crippen molar-refractivity contribution >= 4 is 34.1 Å². The molecule has 1 atom stereocenters. The first kappa shape index (κ1) is 16.7. The molecule has 0 saturated carbocycles. The normalized spacial score (nSPS) is 12.5. The van der Waals surface area contributed by atoms with Crippen LogP contribution in [0.2, 0.25) is 0 Å². The average molecular weight is 342 g/mol. The maximum Gasteiger partial charge on any atom is 0.248 e. The van der Waals surface area contributed by atoms with E-state index >= 15 is 0 Å². The van der Waals surface area contributed by atoms with Gasteiger partial charge in [-0.05, 0) is 12.8 Å². The Bertz CT molecular complexity index is 627. The van der Waals surface area contributed by atoms with Crippen LogP contribution in [-0.2, 0) is 11.2 Å². The topological polar surface area (TPSA) is 120 Å². The summed E-state index contributed by atoms with van der Waals surface area (Å²) in [6.45, 7) is 5.97. The maximum absolute atomic E-state index is 11.9. The van der Waals surface area contributed by atoms with E-state index in [1.54, 1.807) is 6.92 Å². The number of amides is 1. The molecule has 0 aliphatic carbocycles. The minimum absolute atomic E-state index is 0.144. The molecule has 0 fully saturated rings. The molecule has 8 nitrogen and oxygen atoms in total. The van der Waals surface area contributed by atoms with Gasteiger partial charge in [-0.2, -0.15) is 4.98 Å². The smallest absolute Gasteiger partial charge is 0.248 e. The summed E-state index contributed by atoms with van der Waals surface area (Å²) < 4.78 is 5.84. The molecule has 2 rings (SSSR count). The summed E-state index contributed by atoms with van der Waals surface area (Å²) in [6, 6.07) is -0.332. The molecule has 0 unspecified atom stereocenters. The van der Waals surface area contributed by atoms with E-state index in [0.717, 1.165) is 6.42 Å². The molecule has 0 radical (unpaired) electrons. The number of hydrogen-bond donors (Lipinski definition) is 2. The highest BCUT2D eigenvalue weighted by Crippen LogP contribution is 2.23. The fraction of sp³-hybridized carbons (Fsp3) is 0.583. The second-order valence-corrected chi connectivity index (χ2v) is 7.36. The highest BCUT2D eigenvalue weighted by atomic mass is 32.2. The zero-order chi connectivity index (χ0) is 16.1. The van der Waals surface area contributed by atoms with Crippen LogP contribution in [0.4, 0.5) is 5.13 Å². The first-order valence-electron chi connectivity index (χ1n) is 6.77. The lowest BCUT2D eigenvalue weighted by Crippen LogP contribution is -2.28. The van der Waals surface area contributed by atoms with Crippen molar-refractivity contribution in [2.45, 2.75) is 37.6 Å². The Morgan fingerprint density at radius 3 is 2.82 bits per heavy atom. The lowest BCUT2D eigenvalue weighted by molar-refractivity contribution is -0.119. The fourth-order valence-corrected chi connectivity index (χ4v) is 3.09. The Kier molecular flexibility index (Phi) is 5.72. The quantitative estimate of drug-likeness (QED) is 0.729. The van der Waals surface area contributed by atoms with Crippen molar-refractivity contribution in [3.63, 3.8) is 0 Å². The van der Waals surface area contributed by atoms with Crippen molar-refractivity contribution in [1.82, 2.24) is 25.7 Å². The molecular formula is C12H18N6O2S2. The molecule has 0 saturated heterocycles. The Morgan fingerprint density at radius 1 is 1.41 bits per heavy atom. The molecule has 0 spiro atoms. The predicted octanol–water partition coefficient (Wildman–Crippen LogP) is 1.67. The van der Waals surface area contributed by atoms with Crippen LogP contribution in [0.3, 0.4) is 0 Å². The summed E-state index contributed by atoms with van der Waals surface area (Å²) in [7, 11) is 0. The second-order valence-electron chi connectivity index (χ2n) is 5.13. The van der Waals surface area contributed by atoms with Gasteiger partial charge in [-0.3, -0.25) is 4.79 Å². The fourth-order valence-electron chi connectivity index (χ4n) is 1.64. The van der Waals surface area contributed by atoms with E-state index in [1.165, 1.54) is 23.1 Å². The average Bonchev–Trinajstić information content (AvgIpc) is 3.05. The lowest BCUT2D eigenvalue weighted by Gasteiger charge is -2.08. The summed E-state index contributed by atoms with van der Waals surface area (Å²) in [5.74, 6) is 1.60. The molecule has 2 heterocycles. The Morgan fingerprint density at radius 2 is 2.18 bits per heavy atom. The Hall–Kier alpha value is -1.68. The first-order chi connectivity index (χ1) is 10.4. The molecule has 1 amide bonds. The van der Waals surface area contributed by atoms with Gasteiger partial charge in [0.25, 0.3) is 0 Å². The number of nitrogens with zero attached hydrogens (tertiary/aromatic N) is 4. The van der Waals surface area contributed by atoms with Gasteiger partial charge in [0.2, 0.25) is 16.9 Å². The van der Waals surface area contributed by atoms with Crippen LogP contribution in [0.25, 0.3) is 0 Å². The molecule has 2 aromatic rings. The molecule has 2 aromatic heterocycles. The van der Waals surface area contributed by atoms with Gasteiger partial charge in [0, 0.05) is 6.42 Å². The Labute approximate surface area is 136 Å². The third kappa shape index (κ3) is 4.95. The van der Waals surface area contributed by atoms with Crippen LogP contribution in [0.1, 0.15) is 38.5 Å². The summed E-state index contributed by atoms with van der Waals surface area (Å²) in [5, 5.41) is 14.6. The highest BCUT2D eigenvalue weighted by Gasteiger charge is 2.17. The number of carbonyl (C=O) groups is 1. The third-order valence-corrected chi connectivity index (χ3v) is 4.46. The maximum atomic E-state index is 11.9. The first-order valence-corrected chi connectivity index (χ1v) is 8.58. The van der Waals surface area contributed by atoms with Crippen LogP contribution < -0.4 is 11.1 Å². The SMILES string of the molecule is CC(C)Cc1noc([C@H](C)NC(=O)CSc2nnc(N)s2)n1. The molecular weight excluding hydrogens is 324 g/mol. The zero-order valence-electron chi connectivity index (χ0n) is 12.6. The van der Waals surface area contributed by atoms with E-state index in [4.69, 9.17) is 10.3 Å². The van der Waals surface area contributed by atoms with E-state index < -0.39 is 0 Å². The monoisotopic (exact) mass is 342 g/mol. The van der Waals surface area contributed by atoms with Crippen LogP contribution in [0.15, 0.2) is 8.86 Å². The Balaban J connectivity index is 1.81. The third-order valence-electron chi connectivity index (χ3n) is 2.57. The van der Waals surface area contributed by atoms with Crippen molar-refractivity contribution < 1.29 is 9.32 Å². The van der Waals surface area contributed by atoms with Crippen molar-refractivity contribution in [2.75, 3.05) is 11.5 Å². The van der Waals surface area contributed by atoms with E-state index in [1.807, 2.05) is 0 Å². The van der Waals surface area contributed by atoms with Gasteiger partial charge < -0.3 is 15.6 Å². The minimum Gasteiger partial charge on any atom is -0.374 e. The van der Waals surface area contributed by atoms with Gasteiger partial charge in [-0.15, -0.1) is 10.2 Å². The number of nitrogens with one attached hydrogen (secondary N) is 1. The highest BCUT2D eigenvalue weighted by molar-refractivity contribution is 8.01. The number of aromatic nitrogens is 4. The van der Waals surface area contributed by atoms with Crippen molar-refractivity contribution in [1.29, 1.82) is 0 Å². The molecule has 0 aliphatic rings. The molecule has 120 valence electrons. The van der Waals surface area contributed by atoms with Gasteiger partial charge in [-0.1, -0.05) is 42.1 Å². The number of anilines is 1. The van der Waals surface area contributed by atoms with Gasteiger partial charge in [0.15, 0.2) is 10.2 Å². The lowest BCUT2D eigenvalue weighted by atomic mass is 10.1.